The molecule has 0 aliphatic carbocycles. The Balaban J connectivity index is 1.62. The minimum absolute atomic E-state index is 0.0814. The van der Waals surface area contributed by atoms with Gasteiger partial charge >= 0.3 is 0 Å². The molecule has 1 heterocycles. The van der Waals surface area contributed by atoms with Crippen LogP contribution in [0.25, 0.3) is 0 Å². The van der Waals surface area contributed by atoms with Crippen LogP contribution in [-0.4, -0.2) is 38.6 Å². The van der Waals surface area contributed by atoms with Crippen molar-refractivity contribution in [1.29, 1.82) is 0 Å². The lowest BCUT2D eigenvalue weighted by Crippen LogP contribution is -2.36. The molecule has 4 atom stereocenters. The minimum atomic E-state index is -0.215. The normalized spacial score (nSPS) is 24.1. The topological polar surface area (TPSA) is 46.2 Å². The second kappa shape index (κ2) is 9.73. The molecule has 1 saturated heterocycles. The molecule has 5 heteroatoms. The molecule has 0 spiro atoms. The molecule has 0 amide bonds. The van der Waals surface area contributed by atoms with Gasteiger partial charge in [0.1, 0.15) is 29.8 Å². The molecule has 1 fully saturated rings. The van der Waals surface area contributed by atoms with Gasteiger partial charge in [-0.25, -0.2) is 0 Å². The van der Waals surface area contributed by atoms with E-state index in [0.29, 0.717) is 13.2 Å². The number of methoxy groups -OCH3 is 2. The van der Waals surface area contributed by atoms with E-state index in [9.17, 15) is 0 Å². The third-order valence-corrected chi connectivity index (χ3v) is 4.92. The summed E-state index contributed by atoms with van der Waals surface area (Å²) in [6.45, 7) is 6.84. The molecule has 1 aliphatic rings. The first kappa shape index (κ1) is 20.4. The van der Waals surface area contributed by atoms with Crippen LogP contribution in [0.4, 0.5) is 0 Å². The summed E-state index contributed by atoms with van der Waals surface area (Å²) < 4.78 is 28.8. The largest absolute Gasteiger partial charge is 0.497 e. The first-order valence-electron chi connectivity index (χ1n) is 9.41. The van der Waals surface area contributed by atoms with Gasteiger partial charge in [-0.15, -0.1) is 6.58 Å². The van der Waals surface area contributed by atoms with Gasteiger partial charge in [0.15, 0.2) is 0 Å². The first-order chi connectivity index (χ1) is 13.6. The number of hydrogen-bond acceptors (Lipinski definition) is 5. The highest BCUT2D eigenvalue weighted by Gasteiger charge is 2.42. The highest BCUT2D eigenvalue weighted by Crippen LogP contribution is 2.29. The molecule has 1 aliphatic heterocycles. The van der Waals surface area contributed by atoms with E-state index in [0.717, 1.165) is 22.6 Å². The fourth-order valence-electron chi connectivity index (χ4n) is 3.29. The van der Waals surface area contributed by atoms with Crippen molar-refractivity contribution in [2.45, 2.75) is 44.6 Å². The van der Waals surface area contributed by atoms with Crippen LogP contribution in [0, 0.1) is 0 Å². The molecule has 28 heavy (non-hydrogen) atoms. The summed E-state index contributed by atoms with van der Waals surface area (Å²) in [4.78, 5) is 0. The first-order valence-corrected chi connectivity index (χ1v) is 9.41. The van der Waals surface area contributed by atoms with Crippen molar-refractivity contribution < 1.29 is 23.7 Å². The second-order valence-electron chi connectivity index (χ2n) is 6.79. The highest BCUT2D eigenvalue weighted by molar-refractivity contribution is 5.27. The zero-order chi connectivity index (χ0) is 19.9. The van der Waals surface area contributed by atoms with E-state index in [-0.39, 0.29) is 24.4 Å². The summed E-state index contributed by atoms with van der Waals surface area (Å²) in [5, 5.41) is 0. The number of benzene rings is 2. The fourth-order valence-corrected chi connectivity index (χ4v) is 3.29. The summed E-state index contributed by atoms with van der Waals surface area (Å²) >= 11 is 0. The lowest BCUT2D eigenvalue weighted by Gasteiger charge is -2.23. The molecule has 2 aromatic rings. The predicted octanol–water partition coefficient (Wildman–Crippen LogP) is 4.15. The van der Waals surface area contributed by atoms with E-state index < -0.39 is 0 Å². The van der Waals surface area contributed by atoms with E-state index in [1.807, 2.05) is 55.5 Å². The molecule has 0 radical (unpaired) electrons. The summed E-state index contributed by atoms with van der Waals surface area (Å²) in [5.41, 5.74) is 2.14. The van der Waals surface area contributed by atoms with Gasteiger partial charge in [0.25, 0.3) is 0 Å². The van der Waals surface area contributed by atoms with Crippen LogP contribution in [0.2, 0.25) is 0 Å². The Kier molecular flexibility index (Phi) is 7.09. The van der Waals surface area contributed by atoms with Crippen molar-refractivity contribution in [2.24, 2.45) is 0 Å². The third kappa shape index (κ3) is 4.93. The van der Waals surface area contributed by atoms with Gasteiger partial charge in [-0.2, -0.15) is 0 Å². The SMILES string of the molecule is C=C[C@H]1O[C@@H](C)[C@H](OCc2ccc(OC)cc2)[C@@H]1OCc1ccc(OC)cc1. The Bertz CT molecular complexity index is 741. The van der Waals surface area contributed by atoms with Gasteiger partial charge in [0, 0.05) is 0 Å². The maximum atomic E-state index is 6.19. The Hall–Kier alpha value is -2.34. The number of ether oxygens (including phenoxy) is 5. The van der Waals surface area contributed by atoms with Gasteiger partial charge in [0.05, 0.1) is 33.5 Å². The van der Waals surface area contributed by atoms with E-state index in [4.69, 9.17) is 23.7 Å². The summed E-state index contributed by atoms with van der Waals surface area (Å²) in [5.74, 6) is 1.65. The van der Waals surface area contributed by atoms with Crippen molar-refractivity contribution in [3.63, 3.8) is 0 Å². The molecule has 0 bridgehead atoms. The average molecular weight is 384 g/mol. The third-order valence-electron chi connectivity index (χ3n) is 4.92. The standard InChI is InChI=1S/C23H28O5/c1-5-21-23(27-15-18-8-12-20(25-4)13-9-18)22(16(2)28-21)26-14-17-6-10-19(24-3)11-7-17/h5-13,16,21-23H,1,14-15H2,2-4H3/t16-,21+,22-,23+/m0/s1. The Labute approximate surface area is 166 Å². The maximum absolute atomic E-state index is 6.19. The van der Waals surface area contributed by atoms with Gasteiger partial charge in [-0.05, 0) is 42.3 Å². The van der Waals surface area contributed by atoms with Crippen molar-refractivity contribution in [3.05, 3.63) is 72.3 Å². The van der Waals surface area contributed by atoms with Crippen LogP contribution in [0.5, 0.6) is 11.5 Å². The molecule has 0 N–H and O–H groups in total. The molecule has 0 saturated carbocycles. The summed E-state index contributed by atoms with van der Waals surface area (Å²) in [6.07, 6.45) is 1.11. The van der Waals surface area contributed by atoms with Crippen molar-refractivity contribution >= 4 is 0 Å². The fraction of sp³-hybridized carbons (Fsp3) is 0.391. The molecule has 5 nitrogen and oxygen atoms in total. The van der Waals surface area contributed by atoms with E-state index >= 15 is 0 Å². The number of hydrogen-bond donors (Lipinski definition) is 0. The molecular weight excluding hydrogens is 356 g/mol. The van der Waals surface area contributed by atoms with Crippen LogP contribution in [0.3, 0.4) is 0 Å². The lowest BCUT2D eigenvalue weighted by molar-refractivity contribution is -0.0739. The average Bonchev–Trinajstić information content (AvgIpc) is 3.05. The summed E-state index contributed by atoms with van der Waals surface area (Å²) in [6, 6.07) is 15.7. The predicted molar refractivity (Wildman–Crippen MR) is 108 cm³/mol. The van der Waals surface area contributed by atoms with E-state index in [2.05, 4.69) is 6.58 Å². The monoisotopic (exact) mass is 384 g/mol. The van der Waals surface area contributed by atoms with Gasteiger partial charge < -0.3 is 23.7 Å². The van der Waals surface area contributed by atoms with E-state index in [1.54, 1.807) is 20.3 Å². The molecular formula is C23H28O5. The Morgan fingerprint density at radius 3 is 1.71 bits per heavy atom. The number of rotatable bonds is 9. The maximum Gasteiger partial charge on any atom is 0.118 e. The smallest absolute Gasteiger partial charge is 0.118 e. The van der Waals surface area contributed by atoms with Crippen LogP contribution in [0.15, 0.2) is 61.2 Å². The van der Waals surface area contributed by atoms with Crippen LogP contribution >= 0.6 is 0 Å². The minimum Gasteiger partial charge on any atom is -0.497 e. The molecule has 0 aromatic heterocycles. The zero-order valence-electron chi connectivity index (χ0n) is 16.7. The van der Waals surface area contributed by atoms with Crippen molar-refractivity contribution in [1.82, 2.24) is 0 Å². The quantitative estimate of drug-likeness (QED) is 0.608. The second-order valence-corrected chi connectivity index (χ2v) is 6.79. The zero-order valence-corrected chi connectivity index (χ0v) is 16.7. The summed E-state index contributed by atoms with van der Waals surface area (Å²) in [7, 11) is 3.31. The molecule has 2 aromatic carbocycles. The highest BCUT2D eigenvalue weighted by atomic mass is 16.6. The Morgan fingerprint density at radius 1 is 0.821 bits per heavy atom. The molecule has 150 valence electrons. The van der Waals surface area contributed by atoms with Gasteiger partial charge in [0.2, 0.25) is 0 Å². The lowest BCUT2D eigenvalue weighted by atomic mass is 10.1. The molecule has 3 rings (SSSR count). The van der Waals surface area contributed by atoms with Gasteiger partial charge in [-0.3, -0.25) is 0 Å². The van der Waals surface area contributed by atoms with Crippen molar-refractivity contribution in [3.8, 4) is 11.5 Å². The van der Waals surface area contributed by atoms with Crippen molar-refractivity contribution in [2.75, 3.05) is 14.2 Å². The van der Waals surface area contributed by atoms with Crippen LogP contribution in [-0.2, 0) is 27.4 Å². The molecule has 0 unspecified atom stereocenters. The van der Waals surface area contributed by atoms with Crippen LogP contribution in [0.1, 0.15) is 18.1 Å². The van der Waals surface area contributed by atoms with E-state index in [1.165, 1.54) is 0 Å². The Morgan fingerprint density at radius 2 is 1.29 bits per heavy atom. The van der Waals surface area contributed by atoms with Crippen LogP contribution < -0.4 is 9.47 Å². The van der Waals surface area contributed by atoms with Gasteiger partial charge in [-0.1, -0.05) is 30.3 Å².